The zero-order chi connectivity index (χ0) is 30.7. The first kappa shape index (κ1) is 33.7. The molecule has 232 valence electrons. The number of esters is 2. The predicted molar refractivity (Wildman–Crippen MR) is 172 cm³/mol. The van der Waals surface area contributed by atoms with E-state index in [4.69, 9.17) is 18.9 Å². The molecule has 3 aromatic rings. The summed E-state index contributed by atoms with van der Waals surface area (Å²) in [6, 6.07) is 19.0. The van der Waals surface area contributed by atoms with Gasteiger partial charge in [0.15, 0.2) is 0 Å². The molecule has 0 saturated carbocycles. The molecule has 43 heavy (non-hydrogen) atoms. The minimum absolute atomic E-state index is 0.366. The van der Waals surface area contributed by atoms with Gasteiger partial charge in [-0.3, -0.25) is 0 Å². The molecule has 6 nitrogen and oxygen atoms in total. The summed E-state index contributed by atoms with van der Waals surface area (Å²) in [7, 11) is 0. The van der Waals surface area contributed by atoms with Gasteiger partial charge in [-0.15, -0.1) is 0 Å². The van der Waals surface area contributed by atoms with Crippen LogP contribution in [0.5, 0.6) is 23.0 Å². The summed E-state index contributed by atoms with van der Waals surface area (Å²) < 4.78 is 22.9. The van der Waals surface area contributed by atoms with Gasteiger partial charge in [-0.05, 0) is 79.9 Å². The number of aryl methyl sites for hydroxylation is 1. The number of unbranched alkanes of at least 4 members (excludes halogenated alkanes) is 10. The molecule has 0 spiro atoms. The Morgan fingerprint density at radius 2 is 1.02 bits per heavy atom. The molecule has 3 rings (SSSR count). The largest absolute Gasteiger partial charge is 0.494 e. The molecule has 0 aromatic heterocycles. The van der Waals surface area contributed by atoms with E-state index in [1.54, 1.807) is 61.5 Å². The second kappa shape index (κ2) is 19.4. The normalized spacial score (nSPS) is 10.8. The van der Waals surface area contributed by atoms with Crippen LogP contribution >= 0.6 is 0 Å². The number of carbonyl (C=O) groups is 2. The zero-order valence-corrected chi connectivity index (χ0v) is 26.2. The summed E-state index contributed by atoms with van der Waals surface area (Å²) in [6.45, 7) is 7.48. The van der Waals surface area contributed by atoms with Gasteiger partial charge < -0.3 is 18.9 Å². The highest BCUT2D eigenvalue weighted by Gasteiger charge is 2.14. The highest BCUT2D eigenvalue weighted by atomic mass is 16.5. The summed E-state index contributed by atoms with van der Waals surface area (Å²) in [5.41, 5.74) is 1.49. The fourth-order valence-corrected chi connectivity index (χ4v) is 4.70. The first-order valence-corrected chi connectivity index (χ1v) is 16.0. The van der Waals surface area contributed by atoms with Crippen LogP contribution < -0.4 is 18.9 Å². The van der Waals surface area contributed by atoms with Crippen molar-refractivity contribution in [2.75, 3.05) is 13.2 Å². The van der Waals surface area contributed by atoms with Crippen LogP contribution in [-0.4, -0.2) is 25.2 Å². The number of hydrogen-bond acceptors (Lipinski definition) is 6. The van der Waals surface area contributed by atoms with Crippen molar-refractivity contribution in [1.82, 2.24) is 0 Å². The van der Waals surface area contributed by atoms with Crippen LogP contribution in [0.3, 0.4) is 0 Å². The number of hydrogen-bond donors (Lipinski definition) is 0. The van der Waals surface area contributed by atoms with Crippen molar-refractivity contribution in [1.29, 1.82) is 0 Å². The zero-order valence-electron chi connectivity index (χ0n) is 26.2. The van der Waals surface area contributed by atoms with Gasteiger partial charge >= 0.3 is 11.9 Å². The molecule has 0 atom stereocenters. The topological polar surface area (TPSA) is 71.1 Å². The molecule has 0 fully saturated rings. The monoisotopic (exact) mass is 588 g/mol. The van der Waals surface area contributed by atoms with Gasteiger partial charge in [0.25, 0.3) is 0 Å². The maximum Gasteiger partial charge on any atom is 0.343 e. The van der Waals surface area contributed by atoms with Crippen molar-refractivity contribution < 1.29 is 28.5 Å². The van der Waals surface area contributed by atoms with Gasteiger partial charge in [-0.1, -0.05) is 90.2 Å². The molecular weight excluding hydrogens is 540 g/mol. The predicted octanol–water partition coefficient (Wildman–Crippen LogP) is 9.91. The maximum atomic E-state index is 12.9. The Hall–Kier alpha value is -3.80. The molecule has 3 aromatic carbocycles. The van der Waals surface area contributed by atoms with Crippen LogP contribution in [-0.2, 0) is 0 Å². The van der Waals surface area contributed by atoms with Gasteiger partial charge in [0.2, 0.25) is 0 Å². The molecule has 0 aliphatic heterocycles. The van der Waals surface area contributed by atoms with Crippen LogP contribution in [0.4, 0.5) is 0 Å². The molecule has 0 amide bonds. The first-order chi connectivity index (χ1) is 21.0. The standard InChI is InChI=1S/C37H48O6/c1-4-6-8-10-12-14-24-40-32-20-16-18-30(27-32)36(38)42-34-22-23-35(29(3)26-34)43-37(39)31-19-17-21-33(28-31)41-25-15-13-11-9-7-5-2/h16-23,26-28H,4-15,24-25H2,1-3H3. The molecule has 0 heterocycles. The first-order valence-electron chi connectivity index (χ1n) is 16.0. The van der Waals surface area contributed by atoms with Gasteiger partial charge in [0, 0.05) is 0 Å². The average molecular weight is 589 g/mol. The molecule has 0 unspecified atom stereocenters. The summed E-state index contributed by atoms with van der Waals surface area (Å²) in [5.74, 6) is 1.11. The van der Waals surface area contributed by atoms with Crippen LogP contribution in [0.1, 0.15) is 117 Å². The van der Waals surface area contributed by atoms with E-state index in [1.165, 1.54) is 51.4 Å². The Balaban J connectivity index is 1.47. The molecule has 0 saturated heterocycles. The fourth-order valence-electron chi connectivity index (χ4n) is 4.70. The molecule has 6 heteroatoms. The van der Waals surface area contributed by atoms with Crippen LogP contribution in [0.25, 0.3) is 0 Å². The Labute approximate surface area is 257 Å². The maximum absolute atomic E-state index is 12.9. The third kappa shape index (κ3) is 12.5. The van der Waals surface area contributed by atoms with E-state index in [0.29, 0.717) is 52.9 Å². The smallest absolute Gasteiger partial charge is 0.343 e. The van der Waals surface area contributed by atoms with E-state index >= 15 is 0 Å². The van der Waals surface area contributed by atoms with E-state index in [1.807, 2.05) is 12.1 Å². The Morgan fingerprint density at radius 3 is 1.53 bits per heavy atom. The van der Waals surface area contributed by atoms with E-state index in [9.17, 15) is 9.59 Å². The highest BCUT2D eigenvalue weighted by molar-refractivity contribution is 5.92. The van der Waals surface area contributed by atoms with Gasteiger partial charge in [-0.2, -0.15) is 0 Å². The number of benzene rings is 3. The number of ether oxygens (including phenoxy) is 4. The van der Waals surface area contributed by atoms with Crippen LogP contribution in [0, 0.1) is 6.92 Å². The van der Waals surface area contributed by atoms with Gasteiger partial charge in [0.05, 0.1) is 24.3 Å². The highest BCUT2D eigenvalue weighted by Crippen LogP contribution is 2.26. The minimum Gasteiger partial charge on any atom is -0.494 e. The summed E-state index contributed by atoms with van der Waals surface area (Å²) in [6.07, 6.45) is 14.3. The Morgan fingerprint density at radius 1 is 0.535 bits per heavy atom. The van der Waals surface area contributed by atoms with Crippen LogP contribution in [0.15, 0.2) is 66.7 Å². The minimum atomic E-state index is -0.480. The van der Waals surface area contributed by atoms with Gasteiger partial charge in [-0.25, -0.2) is 9.59 Å². The lowest BCUT2D eigenvalue weighted by Gasteiger charge is -2.11. The summed E-state index contributed by atoms with van der Waals surface area (Å²) in [4.78, 5) is 25.7. The van der Waals surface area contributed by atoms with Crippen molar-refractivity contribution in [3.63, 3.8) is 0 Å². The second-order valence-corrected chi connectivity index (χ2v) is 11.0. The third-order valence-electron chi connectivity index (χ3n) is 7.23. The lowest BCUT2D eigenvalue weighted by atomic mass is 10.1. The molecular formula is C37H48O6. The lowest BCUT2D eigenvalue weighted by molar-refractivity contribution is 0.0718. The van der Waals surface area contributed by atoms with E-state index < -0.39 is 11.9 Å². The molecule has 0 N–H and O–H groups in total. The number of rotatable bonds is 20. The summed E-state index contributed by atoms with van der Waals surface area (Å²) in [5, 5.41) is 0. The quantitative estimate of drug-likeness (QED) is 0.0743. The van der Waals surface area contributed by atoms with E-state index in [-0.39, 0.29) is 0 Å². The van der Waals surface area contributed by atoms with E-state index in [0.717, 1.165) is 25.7 Å². The lowest BCUT2D eigenvalue weighted by Crippen LogP contribution is -2.11. The SMILES string of the molecule is CCCCCCCCOc1cccc(C(=O)Oc2ccc(OC(=O)c3cccc(OCCCCCCCC)c3)c(C)c2)c1. The molecule has 0 radical (unpaired) electrons. The molecule has 0 bridgehead atoms. The average Bonchev–Trinajstić information content (AvgIpc) is 3.01. The molecule has 0 aliphatic carbocycles. The van der Waals surface area contributed by atoms with Crippen LogP contribution in [0.2, 0.25) is 0 Å². The third-order valence-corrected chi connectivity index (χ3v) is 7.23. The fraction of sp³-hybridized carbons (Fsp3) is 0.459. The van der Waals surface area contributed by atoms with Crippen molar-refractivity contribution in [2.45, 2.75) is 97.8 Å². The Bertz CT molecular complexity index is 1270. The summed E-state index contributed by atoms with van der Waals surface area (Å²) >= 11 is 0. The van der Waals surface area contributed by atoms with Gasteiger partial charge in [0.1, 0.15) is 23.0 Å². The van der Waals surface area contributed by atoms with Crippen molar-refractivity contribution in [2.24, 2.45) is 0 Å². The van der Waals surface area contributed by atoms with Crippen molar-refractivity contribution in [3.05, 3.63) is 83.4 Å². The van der Waals surface area contributed by atoms with Crippen molar-refractivity contribution in [3.8, 4) is 23.0 Å². The number of carbonyl (C=O) groups excluding carboxylic acids is 2. The Kier molecular flexibility index (Phi) is 15.2. The molecule has 0 aliphatic rings. The van der Waals surface area contributed by atoms with E-state index in [2.05, 4.69) is 13.8 Å². The van der Waals surface area contributed by atoms with Crippen molar-refractivity contribution >= 4 is 11.9 Å². The second-order valence-electron chi connectivity index (χ2n) is 11.0.